The highest BCUT2D eigenvalue weighted by molar-refractivity contribution is 5.73. The van der Waals surface area contributed by atoms with Crippen molar-refractivity contribution in [2.45, 2.75) is 18.9 Å². The van der Waals surface area contributed by atoms with E-state index >= 15 is 0 Å². The molecule has 132 valence electrons. The van der Waals surface area contributed by atoms with Gasteiger partial charge in [-0.3, -0.25) is 10.1 Å². The van der Waals surface area contributed by atoms with E-state index in [0.717, 1.165) is 11.1 Å². The normalized spacial score (nSPS) is 12.9. The summed E-state index contributed by atoms with van der Waals surface area (Å²) in [6.45, 7) is 2.11. The summed E-state index contributed by atoms with van der Waals surface area (Å²) in [4.78, 5) is 22.0. The first-order chi connectivity index (χ1) is 11.9. The standard InChI is InChI=1S/C18H21N3O4/c1-18(23,15-5-3-2-4-6-15)13-20-17(22)19-12-11-14-7-9-16(10-8-14)21(24)25/h2-10,23H,11-13H2,1H3,(H2,19,20,22)/t18-/m1/s1. The summed E-state index contributed by atoms with van der Waals surface area (Å²) in [5, 5.41) is 26.3. The maximum absolute atomic E-state index is 11.8. The zero-order valence-electron chi connectivity index (χ0n) is 13.9. The summed E-state index contributed by atoms with van der Waals surface area (Å²) in [5.74, 6) is 0. The Bertz CT molecular complexity index is 715. The van der Waals surface area contributed by atoms with Gasteiger partial charge in [-0.25, -0.2) is 4.79 Å². The van der Waals surface area contributed by atoms with Crippen LogP contribution in [0.25, 0.3) is 0 Å². The fraction of sp³-hybridized carbons (Fsp3) is 0.278. The summed E-state index contributed by atoms with van der Waals surface area (Å²) in [6, 6.07) is 14.9. The molecule has 2 amide bonds. The van der Waals surface area contributed by atoms with E-state index in [2.05, 4.69) is 10.6 Å². The van der Waals surface area contributed by atoms with Gasteiger partial charge in [-0.2, -0.15) is 0 Å². The molecule has 1 atom stereocenters. The van der Waals surface area contributed by atoms with Crippen molar-refractivity contribution >= 4 is 11.7 Å². The molecule has 0 saturated heterocycles. The van der Waals surface area contributed by atoms with Gasteiger partial charge in [0.2, 0.25) is 0 Å². The number of amides is 2. The third-order valence-electron chi connectivity index (χ3n) is 3.84. The second-order valence-electron chi connectivity index (χ2n) is 5.92. The Balaban J connectivity index is 1.74. The Morgan fingerprint density at radius 1 is 1.12 bits per heavy atom. The average Bonchev–Trinajstić information content (AvgIpc) is 2.61. The largest absolute Gasteiger partial charge is 0.384 e. The second-order valence-corrected chi connectivity index (χ2v) is 5.92. The zero-order valence-corrected chi connectivity index (χ0v) is 13.9. The lowest BCUT2D eigenvalue weighted by Gasteiger charge is -2.24. The maximum Gasteiger partial charge on any atom is 0.314 e. The number of carbonyl (C=O) groups is 1. The lowest BCUT2D eigenvalue weighted by molar-refractivity contribution is -0.384. The number of non-ortho nitro benzene ring substituents is 1. The van der Waals surface area contributed by atoms with Crippen LogP contribution in [-0.2, 0) is 12.0 Å². The quantitative estimate of drug-likeness (QED) is 0.530. The van der Waals surface area contributed by atoms with Crippen molar-refractivity contribution in [2.75, 3.05) is 13.1 Å². The van der Waals surface area contributed by atoms with Crippen LogP contribution in [0, 0.1) is 10.1 Å². The highest BCUT2D eigenvalue weighted by Crippen LogP contribution is 2.18. The number of urea groups is 1. The summed E-state index contributed by atoms with van der Waals surface area (Å²) < 4.78 is 0. The van der Waals surface area contributed by atoms with Crippen LogP contribution >= 0.6 is 0 Å². The predicted octanol–water partition coefficient (Wildman–Crippen LogP) is 2.34. The lowest BCUT2D eigenvalue weighted by Crippen LogP contribution is -2.43. The Hall–Kier alpha value is -2.93. The number of aliphatic hydroxyl groups is 1. The number of hydrogen-bond acceptors (Lipinski definition) is 4. The molecule has 0 aliphatic heterocycles. The van der Waals surface area contributed by atoms with E-state index < -0.39 is 10.5 Å². The fourth-order valence-corrected chi connectivity index (χ4v) is 2.32. The molecule has 0 heterocycles. The van der Waals surface area contributed by atoms with Crippen LogP contribution in [0.5, 0.6) is 0 Å². The van der Waals surface area contributed by atoms with Crippen LogP contribution in [0.2, 0.25) is 0 Å². The van der Waals surface area contributed by atoms with Gasteiger partial charge in [0.15, 0.2) is 0 Å². The SMILES string of the molecule is C[C@@](O)(CNC(=O)NCCc1ccc([N+](=O)[O-])cc1)c1ccccc1. The van der Waals surface area contributed by atoms with E-state index in [1.54, 1.807) is 31.2 Å². The van der Waals surface area contributed by atoms with E-state index in [1.807, 2.05) is 18.2 Å². The molecule has 3 N–H and O–H groups in total. The van der Waals surface area contributed by atoms with Crippen LogP contribution in [0.15, 0.2) is 54.6 Å². The molecule has 0 spiro atoms. The van der Waals surface area contributed by atoms with E-state index in [9.17, 15) is 20.0 Å². The summed E-state index contributed by atoms with van der Waals surface area (Å²) in [7, 11) is 0. The van der Waals surface area contributed by atoms with Crippen molar-refractivity contribution in [3.63, 3.8) is 0 Å². The number of nitro groups is 1. The number of hydrogen-bond donors (Lipinski definition) is 3. The molecule has 2 rings (SSSR count). The minimum atomic E-state index is -1.16. The van der Waals surface area contributed by atoms with E-state index in [-0.39, 0.29) is 18.3 Å². The van der Waals surface area contributed by atoms with Gasteiger partial charge in [-0.15, -0.1) is 0 Å². The molecule has 0 bridgehead atoms. The monoisotopic (exact) mass is 343 g/mol. The summed E-state index contributed by atoms with van der Waals surface area (Å²) in [6.07, 6.45) is 0.556. The first-order valence-electron chi connectivity index (χ1n) is 7.91. The molecule has 7 nitrogen and oxygen atoms in total. The smallest absolute Gasteiger partial charge is 0.314 e. The number of nitro benzene ring substituents is 1. The van der Waals surface area contributed by atoms with Crippen LogP contribution in [0.1, 0.15) is 18.1 Å². The maximum atomic E-state index is 11.8. The molecule has 2 aromatic carbocycles. The zero-order chi connectivity index (χ0) is 18.3. The Labute approximate surface area is 145 Å². The third-order valence-corrected chi connectivity index (χ3v) is 3.84. The predicted molar refractivity (Wildman–Crippen MR) is 94.2 cm³/mol. The van der Waals surface area contributed by atoms with E-state index in [0.29, 0.717) is 13.0 Å². The van der Waals surface area contributed by atoms with Crippen LogP contribution in [0.3, 0.4) is 0 Å². The molecular formula is C18H21N3O4. The van der Waals surface area contributed by atoms with Crippen molar-refractivity contribution in [2.24, 2.45) is 0 Å². The second kappa shape index (κ2) is 8.25. The molecule has 0 saturated carbocycles. The first kappa shape index (κ1) is 18.4. The molecular weight excluding hydrogens is 322 g/mol. The summed E-state index contributed by atoms with van der Waals surface area (Å²) >= 11 is 0. The number of nitrogens with zero attached hydrogens (tertiary/aromatic N) is 1. The molecule has 0 fully saturated rings. The molecule has 2 aromatic rings. The van der Waals surface area contributed by atoms with Crippen molar-refractivity contribution in [1.29, 1.82) is 0 Å². The minimum Gasteiger partial charge on any atom is -0.384 e. The highest BCUT2D eigenvalue weighted by Gasteiger charge is 2.23. The molecule has 0 aliphatic carbocycles. The Morgan fingerprint density at radius 2 is 1.76 bits per heavy atom. The van der Waals surface area contributed by atoms with Crippen molar-refractivity contribution in [3.05, 3.63) is 75.8 Å². The van der Waals surface area contributed by atoms with E-state index in [4.69, 9.17) is 0 Å². The fourth-order valence-electron chi connectivity index (χ4n) is 2.32. The van der Waals surface area contributed by atoms with Gasteiger partial charge in [0.1, 0.15) is 5.60 Å². The number of benzene rings is 2. The highest BCUT2D eigenvalue weighted by atomic mass is 16.6. The molecule has 0 radical (unpaired) electrons. The van der Waals surface area contributed by atoms with Crippen molar-refractivity contribution < 1.29 is 14.8 Å². The van der Waals surface area contributed by atoms with Crippen LogP contribution < -0.4 is 10.6 Å². The summed E-state index contributed by atoms with van der Waals surface area (Å²) in [5.41, 5.74) is 0.498. The van der Waals surface area contributed by atoms with Crippen molar-refractivity contribution in [3.8, 4) is 0 Å². The van der Waals surface area contributed by atoms with Gasteiger partial charge in [0.25, 0.3) is 5.69 Å². The van der Waals surface area contributed by atoms with Gasteiger partial charge in [-0.1, -0.05) is 42.5 Å². The Kier molecular flexibility index (Phi) is 6.08. The molecule has 7 heteroatoms. The number of carbonyl (C=O) groups excluding carboxylic acids is 1. The number of nitrogens with one attached hydrogen (secondary N) is 2. The van der Waals surface area contributed by atoms with Crippen LogP contribution in [-0.4, -0.2) is 29.2 Å². The average molecular weight is 343 g/mol. The molecule has 0 aromatic heterocycles. The molecule has 0 aliphatic rings. The van der Waals surface area contributed by atoms with Gasteiger partial charge in [0.05, 0.1) is 11.5 Å². The van der Waals surface area contributed by atoms with Gasteiger partial charge in [0, 0.05) is 18.7 Å². The van der Waals surface area contributed by atoms with Gasteiger partial charge in [-0.05, 0) is 24.5 Å². The van der Waals surface area contributed by atoms with E-state index in [1.165, 1.54) is 12.1 Å². The third kappa shape index (κ3) is 5.58. The number of rotatable bonds is 7. The minimum absolute atomic E-state index is 0.0394. The topological polar surface area (TPSA) is 104 Å². The van der Waals surface area contributed by atoms with Crippen molar-refractivity contribution in [1.82, 2.24) is 10.6 Å². The van der Waals surface area contributed by atoms with Crippen LogP contribution in [0.4, 0.5) is 10.5 Å². The lowest BCUT2D eigenvalue weighted by atomic mass is 9.96. The molecule has 0 unspecified atom stereocenters. The first-order valence-corrected chi connectivity index (χ1v) is 7.91. The Morgan fingerprint density at radius 3 is 2.36 bits per heavy atom. The molecule has 25 heavy (non-hydrogen) atoms. The van der Waals surface area contributed by atoms with Gasteiger partial charge < -0.3 is 15.7 Å². The van der Waals surface area contributed by atoms with Gasteiger partial charge >= 0.3 is 6.03 Å².